The first-order valence-electron chi connectivity index (χ1n) is 6.76. The standard InChI is InChI=1S/C16H22N2O4/c1-11-6-7-13(12(8-11)10-18(2)3)17-14(16(20)22-5)9-15(19)21-4/h6-9,17H,10H2,1-5H3/b14-9+. The van der Waals surface area contributed by atoms with E-state index < -0.39 is 11.9 Å². The van der Waals surface area contributed by atoms with Gasteiger partial charge in [0, 0.05) is 12.2 Å². The first-order valence-corrected chi connectivity index (χ1v) is 6.76. The van der Waals surface area contributed by atoms with E-state index >= 15 is 0 Å². The maximum absolute atomic E-state index is 11.8. The van der Waals surface area contributed by atoms with Gasteiger partial charge in [-0.2, -0.15) is 0 Å². The van der Waals surface area contributed by atoms with E-state index in [9.17, 15) is 9.59 Å². The quantitative estimate of drug-likeness (QED) is 0.637. The van der Waals surface area contributed by atoms with Gasteiger partial charge in [-0.25, -0.2) is 9.59 Å². The minimum atomic E-state index is -0.637. The Kier molecular flexibility index (Phi) is 6.59. The van der Waals surface area contributed by atoms with Crippen LogP contribution in [0.15, 0.2) is 30.0 Å². The number of rotatable bonds is 6. The number of hydrogen-bond acceptors (Lipinski definition) is 6. The van der Waals surface area contributed by atoms with Crippen molar-refractivity contribution in [2.75, 3.05) is 33.6 Å². The fourth-order valence-electron chi connectivity index (χ4n) is 1.89. The van der Waals surface area contributed by atoms with Crippen molar-refractivity contribution in [2.24, 2.45) is 0 Å². The molecule has 22 heavy (non-hydrogen) atoms. The number of ether oxygens (including phenoxy) is 2. The van der Waals surface area contributed by atoms with Crippen molar-refractivity contribution in [3.05, 3.63) is 41.1 Å². The number of carbonyl (C=O) groups excluding carboxylic acids is 2. The number of carbonyl (C=O) groups is 2. The predicted molar refractivity (Wildman–Crippen MR) is 84.3 cm³/mol. The van der Waals surface area contributed by atoms with Gasteiger partial charge in [0.25, 0.3) is 0 Å². The van der Waals surface area contributed by atoms with E-state index in [4.69, 9.17) is 0 Å². The second-order valence-corrected chi connectivity index (χ2v) is 5.10. The molecule has 0 saturated carbocycles. The number of anilines is 1. The van der Waals surface area contributed by atoms with E-state index in [0.717, 1.165) is 22.9 Å². The maximum atomic E-state index is 11.8. The lowest BCUT2D eigenvalue weighted by Crippen LogP contribution is -2.18. The van der Waals surface area contributed by atoms with E-state index in [1.165, 1.54) is 14.2 Å². The minimum absolute atomic E-state index is 0.0261. The number of benzene rings is 1. The highest BCUT2D eigenvalue weighted by molar-refractivity contribution is 5.98. The molecule has 1 aromatic rings. The van der Waals surface area contributed by atoms with E-state index in [0.29, 0.717) is 6.54 Å². The van der Waals surface area contributed by atoms with Crippen molar-refractivity contribution in [1.82, 2.24) is 4.90 Å². The summed E-state index contributed by atoms with van der Waals surface area (Å²) in [6, 6.07) is 5.81. The smallest absolute Gasteiger partial charge is 0.354 e. The molecule has 0 amide bonds. The van der Waals surface area contributed by atoms with Crippen LogP contribution >= 0.6 is 0 Å². The molecule has 1 aromatic carbocycles. The molecule has 1 rings (SSSR count). The average Bonchev–Trinajstić information content (AvgIpc) is 2.47. The number of hydrogen-bond donors (Lipinski definition) is 1. The number of esters is 2. The largest absolute Gasteiger partial charge is 0.466 e. The Hall–Kier alpha value is -2.34. The van der Waals surface area contributed by atoms with Gasteiger partial charge in [0.2, 0.25) is 0 Å². The molecular weight excluding hydrogens is 284 g/mol. The summed E-state index contributed by atoms with van der Waals surface area (Å²) in [5, 5.41) is 2.96. The zero-order chi connectivity index (χ0) is 16.7. The zero-order valence-electron chi connectivity index (χ0n) is 13.6. The molecule has 1 N–H and O–H groups in total. The van der Waals surface area contributed by atoms with Gasteiger partial charge in [0.05, 0.1) is 20.3 Å². The van der Waals surface area contributed by atoms with Crippen LogP contribution < -0.4 is 5.32 Å². The van der Waals surface area contributed by atoms with Gasteiger partial charge in [0.1, 0.15) is 5.70 Å². The third-order valence-corrected chi connectivity index (χ3v) is 2.89. The maximum Gasteiger partial charge on any atom is 0.354 e. The van der Waals surface area contributed by atoms with Crippen LogP contribution in [0.2, 0.25) is 0 Å². The van der Waals surface area contributed by atoms with Crippen molar-refractivity contribution in [3.8, 4) is 0 Å². The molecule has 6 heteroatoms. The monoisotopic (exact) mass is 306 g/mol. The van der Waals surface area contributed by atoms with Gasteiger partial charge >= 0.3 is 11.9 Å². The summed E-state index contributed by atoms with van der Waals surface area (Å²) >= 11 is 0. The van der Waals surface area contributed by atoms with E-state index in [1.807, 2.05) is 44.1 Å². The second kappa shape index (κ2) is 8.19. The Morgan fingerprint density at radius 3 is 2.45 bits per heavy atom. The van der Waals surface area contributed by atoms with Crippen molar-refractivity contribution >= 4 is 17.6 Å². The Morgan fingerprint density at radius 2 is 1.91 bits per heavy atom. The Labute approximate surface area is 130 Å². The molecule has 0 bridgehead atoms. The molecule has 0 atom stereocenters. The molecule has 0 saturated heterocycles. The minimum Gasteiger partial charge on any atom is -0.466 e. The highest BCUT2D eigenvalue weighted by Crippen LogP contribution is 2.21. The summed E-state index contributed by atoms with van der Waals surface area (Å²) < 4.78 is 9.24. The van der Waals surface area contributed by atoms with Crippen LogP contribution in [0.4, 0.5) is 5.69 Å². The molecular formula is C16H22N2O4. The third kappa shape index (κ3) is 5.21. The molecule has 0 aliphatic heterocycles. The highest BCUT2D eigenvalue weighted by Gasteiger charge is 2.14. The summed E-state index contributed by atoms with van der Waals surface area (Å²) in [5.74, 6) is -1.27. The molecule has 0 heterocycles. The highest BCUT2D eigenvalue weighted by atomic mass is 16.5. The van der Waals surface area contributed by atoms with Crippen LogP contribution in [-0.2, 0) is 25.6 Å². The molecule has 0 spiro atoms. The van der Waals surface area contributed by atoms with E-state index in [2.05, 4.69) is 14.8 Å². The van der Waals surface area contributed by atoms with Crippen LogP contribution in [0, 0.1) is 6.92 Å². The third-order valence-electron chi connectivity index (χ3n) is 2.89. The van der Waals surface area contributed by atoms with Gasteiger partial charge in [0.15, 0.2) is 0 Å². The molecule has 0 aliphatic rings. The zero-order valence-corrected chi connectivity index (χ0v) is 13.6. The fourth-order valence-corrected chi connectivity index (χ4v) is 1.89. The summed E-state index contributed by atoms with van der Waals surface area (Å²) in [4.78, 5) is 25.2. The molecule has 0 aliphatic carbocycles. The van der Waals surface area contributed by atoms with Crippen LogP contribution in [0.1, 0.15) is 11.1 Å². The number of nitrogens with zero attached hydrogens (tertiary/aromatic N) is 1. The lowest BCUT2D eigenvalue weighted by atomic mass is 10.1. The number of aryl methyl sites for hydroxylation is 1. The van der Waals surface area contributed by atoms with Gasteiger partial charge in [-0.05, 0) is 32.6 Å². The first kappa shape index (κ1) is 17.7. The molecule has 120 valence electrons. The van der Waals surface area contributed by atoms with Gasteiger partial charge in [-0.15, -0.1) is 0 Å². The summed E-state index contributed by atoms with van der Waals surface area (Å²) in [6.07, 6.45) is 1.07. The molecule has 0 unspecified atom stereocenters. The first-order chi connectivity index (χ1) is 10.4. The second-order valence-electron chi connectivity index (χ2n) is 5.10. The molecule has 6 nitrogen and oxygen atoms in total. The lowest BCUT2D eigenvalue weighted by molar-refractivity contribution is -0.138. The van der Waals surface area contributed by atoms with Crippen LogP contribution in [0.25, 0.3) is 0 Å². The van der Waals surface area contributed by atoms with Crippen LogP contribution in [0.3, 0.4) is 0 Å². The van der Waals surface area contributed by atoms with Crippen molar-refractivity contribution in [1.29, 1.82) is 0 Å². The summed E-state index contributed by atoms with van der Waals surface area (Å²) in [5.41, 5.74) is 2.88. The Bertz CT molecular complexity index is 580. The lowest BCUT2D eigenvalue weighted by Gasteiger charge is -2.17. The van der Waals surface area contributed by atoms with Crippen molar-refractivity contribution < 1.29 is 19.1 Å². The van der Waals surface area contributed by atoms with Crippen LogP contribution in [0.5, 0.6) is 0 Å². The molecule has 0 fully saturated rings. The fraction of sp³-hybridized carbons (Fsp3) is 0.375. The number of methoxy groups -OCH3 is 2. The van der Waals surface area contributed by atoms with Crippen molar-refractivity contribution in [3.63, 3.8) is 0 Å². The Balaban J connectivity index is 3.15. The normalized spacial score (nSPS) is 11.3. The SMILES string of the molecule is COC(=O)/C=C(/Nc1ccc(C)cc1CN(C)C)C(=O)OC. The van der Waals surface area contributed by atoms with Gasteiger partial charge < -0.3 is 19.7 Å². The van der Waals surface area contributed by atoms with Gasteiger partial charge in [-0.3, -0.25) is 0 Å². The molecule has 0 aromatic heterocycles. The van der Waals surface area contributed by atoms with E-state index in [1.54, 1.807) is 0 Å². The number of nitrogens with one attached hydrogen (secondary N) is 1. The Morgan fingerprint density at radius 1 is 1.23 bits per heavy atom. The molecule has 0 radical (unpaired) electrons. The van der Waals surface area contributed by atoms with Crippen molar-refractivity contribution in [2.45, 2.75) is 13.5 Å². The van der Waals surface area contributed by atoms with Gasteiger partial charge in [-0.1, -0.05) is 17.7 Å². The summed E-state index contributed by atoms with van der Waals surface area (Å²) in [7, 11) is 6.41. The topological polar surface area (TPSA) is 67.9 Å². The average molecular weight is 306 g/mol. The summed E-state index contributed by atoms with van der Waals surface area (Å²) in [6.45, 7) is 2.69. The van der Waals surface area contributed by atoms with E-state index in [-0.39, 0.29) is 5.70 Å². The van der Waals surface area contributed by atoms with Crippen LogP contribution in [-0.4, -0.2) is 45.2 Å². The predicted octanol–water partition coefficient (Wildman–Crippen LogP) is 1.70.